The summed E-state index contributed by atoms with van der Waals surface area (Å²) >= 11 is 6.51. The van der Waals surface area contributed by atoms with Crippen molar-refractivity contribution in [1.29, 1.82) is 0 Å². The van der Waals surface area contributed by atoms with Crippen molar-refractivity contribution < 1.29 is 32.3 Å². The number of imide groups is 1. The number of hydrogen-bond acceptors (Lipinski definition) is 10. The van der Waals surface area contributed by atoms with Gasteiger partial charge in [-0.1, -0.05) is 23.7 Å². The third kappa shape index (κ3) is 7.06. The fraction of sp³-hybridized carbons (Fsp3) is 0.400. The molecule has 332 valence electrons. The van der Waals surface area contributed by atoms with Crippen LogP contribution in [-0.2, 0) is 17.8 Å². The minimum Gasteiger partial charge on any atom is -0.385 e. The second-order valence-corrected chi connectivity index (χ2v) is 17.9. The van der Waals surface area contributed by atoms with Crippen LogP contribution < -0.4 is 25.8 Å². The number of piperidine rings is 1. The number of amides is 5. The molecule has 1 aliphatic carbocycles. The van der Waals surface area contributed by atoms with Crippen LogP contribution in [0.4, 0.5) is 40.8 Å². The summed E-state index contributed by atoms with van der Waals surface area (Å²) in [6.07, 6.45) is 6.83. The van der Waals surface area contributed by atoms with Crippen molar-refractivity contribution in [3.63, 3.8) is 0 Å². The Kier molecular flexibility index (Phi) is 10.3. The number of hydrogen-bond donors (Lipinski definition) is 3. The van der Waals surface area contributed by atoms with Crippen LogP contribution in [0.2, 0.25) is 5.02 Å². The van der Waals surface area contributed by atoms with E-state index in [2.05, 4.69) is 25.9 Å². The smallest absolute Gasteiger partial charge is 0.328 e. The third-order valence-corrected chi connectivity index (χ3v) is 13.9. The van der Waals surface area contributed by atoms with Gasteiger partial charge in [0.2, 0.25) is 5.91 Å². The Balaban J connectivity index is 0.808. The number of alkyl halides is 2. The van der Waals surface area contributed by atoms with Gasteiger partial charge in [-0.05, 0) is 80.0 Å². The van der Waals surface area contributed by atoms with Crippen molar-refractivity contribution in [3.05, 3.63) is 93.6 Å². The van der Waals surface area contributed by atoms with Crippen LogP contribution in [0.3, 0.4) is 0 Å². The Hall–Kier alpha value is -6.27. The van der Waals surface area contributed by atoms with Gasteiger partial charge >= 0.3 is 6.03 Å². The largest absolute Gasteiger partial charge is 0.385 e. The molecule has 3 saturated heterocycles. The molecule has 3 aromatic heterocycles. The number of halogens is 4. The lowest BCUT2D eigenvalue weighted by Gasteiger charge is -2.57. The number of likely N-dealkylation sites (tertiary alicyclic amines) is 2. The molecule has 3 N–H and O–H groups in total. The number of nitrogens with one attached hydrogen (secondary N) is 3. The van der Waals surface area contributed by atoms with E-state index in [0.29, 0.717) is 52.5 Å². The van der Waals surface area contributed by atoms with Gasteiger partial charge in [-0.25, -0.2) is 27.5 Å². The summed E-state index contributed by atoms with van der Waals surface area (Å²) < 4.78 is 49.7. The molecule has 15 nitrogen and oxygen atoms in total. The van der Waals surface area contributed by atoms with Crippen LogP contribution in [0, 0.1) is 18.2 Å². The molecule has 10 rings (SSSR count). The summed E-state index contributed by atoms with van der Waals surface area (Å²) in [5.41, 5.74) is 4.18. The van der Waals surface area contributed by atoms with Gasteiger partial charge in [-0.15, -0.1) is 5.10 Å². The molecule has 5 aromatic rings. The quantitative estimate of drug-likeness (QED) is 0.152. The number of urea groups is 1. The molecule has 0 atom stereocenters. The molecule has 0 radical (unpaired) electrons. The van der Waals surface area contributed by atoms with Gasteiger partial charge < -0.3 is 20.4 Å². The van der Waals surface area contributed by atoms with Gasteiger partial charge in [-0.2, -0.15) is 0 Å². The summed E-state index contributed by atoms with van der Waals surface area (Å²) in [5.74, 6) is -4.39. The Morgan fingerprint density at radius 3 is 2.48 bits per heavy atom. The van der Waals surface area contributed by atoms with Crippen molar-refractivity contribution in [2.45, 2.75) is 64.0 Å². The normalized spacial score (nSPS) is 19.4. The van der Waals surface area contributed by atoms with Crippen molar-refractivity contribution in [3.8, 4) is 11.3 Å². The lowest BCUT2D eigenvalue weighted by molar-refractivity contribution is -0.220. The van der Waals surface area contributed by atoms with E-state index in [1.165, 1.54) is 29.3 Å². The lowest BCUT2D eigenvalue weighted by Crippen LogP contribution is -2.70. The molecule has 19 heteroatoms. The van der Waals surface area contributed by atoms with Crippen molar-refractivity contribution in [2.75, 3.05) is 61.4 Å². The predicted molar refractivity (Wildman–Crippen MR) is 233 cm³/mol. The SMILES string of the molecule is CNc1cc(N2CCc3c(-c4ncc(CN5CC6(CCN(C(=O)c7cc(C)c(Cl)c(N8CCC(=O)NC8=O)c7)CC6(F)F)C5)cc4F)cccc32)nn2c(C(=O)NC3CCC3)cnc12. The Morgan fingerprint density at radius 2 is 1.77 bits per heavy atom. The minimum atomic E-state index is -3.20. The van der Waals surface area contributed by atoms with E-state index in [-0.39, 0.29) is 79.5 Å². The van der Waals surface area contributed by atoms with Gasteiger partial charge in [0, 0.05) is 87.9 Å². The number of aromatic nitrogens is 4. The van der Waals surface area contributed by atoms with E-state index in [1.54, 1.807) is 24.7 Å². The maximum atomic E-state index is 16.1. The molecule has 0 bridgehead atoms. The van der Waals surface area contributed by atoms with Gasteiger partial charge in [0.15, 0.2) is 17.2 Å². The molecule has 1 spiro atoms. The molecule has 7 heterocycles. The fourth-order valence-corrected chi connectivity index (χ4v) is 9.91. The minimum absolute atomic E-state index is 0.0526. The van der Waals surface area contributed by atoms with E-state index in [1.807, 2.05) is 34.1 Å². The average Bonchev–Trinajstić information content (AvgIpc) is 3.88. The van der Waals surface area contributed by atoms with Crippen LogP contribution in [0.5, 0.6) is 0 Å². The molecule has 0 unspecified atom stereocenters. The highest BCUT2D eigenvalue weighted by atomic mass is 35.5. The highest BCUT2D eigenvalue weighted by Gasteiger charge is 2.62. The third-order valence-electron chi connectivity index (χ3n) is 13.5. The lowest BCUT2D eigenvalue weighted by atomic mass is 9.69. The molecule has 4 aliphatic heterocycles. The molecule has 64 heavy (non-hydrogen) atoms. The molecular weight excluding hydrogens is 851 g/mol. The summed E-state index contributed by atoms with van der Waals surface area (Å²) in [6, 6.07) is 11.3. The Bertz CT molecular complexity index is 2770. The number of carbonyl (C=O) groups is 4. The summed E-state index contributed by atoms with van der Waals surface area (Å²) in [5, 5.41) is 13.6. The zero-order valence-corrected chi connectivity index (χ0v) is 35.9. The van der Waals surface area contributed by atoms with Gasteiger partial charge in [0.25, 0.3) is 17.7 Å². The van der Waals surface area contributed by atoms with Gasteiger partial charge in [-0.3, -0.25) is 34.5 Å². The molecule has 5 amide bonds. The van der Waals surface area contributed by atoms with Crippen molar-refractivity contribution >= 4 is 63.9 Å². The average molecular weight is 896 g/mol. The molecule has 5 aliphatic rings. The number of rotatable bonds is 9. The van der Waals surface area contributed by atoms with Crippen LogP contribution in [-0.4, -0.2) is 111 Å². The number of carbonyl (C=O) groups excluding carboxylic acids is 4. The molecular formula is C45H45ClF3N11O4. The van der Waals surface area contributed by atoms with E-state index in [0.717, 1.165) is 35.4 Å². The fourth-order valence-electron chi connectivity index (χ4n) is 9.70. The van der Waals surface area contributed by atoms with Crippen LogP contribution in [0.15, 0.2) is 54.9 Å². The first kappa shape index (κ1) is 41.7. The summed E-state index contributed by atoms with van der Waals surface area (Å²) in [6.45, 7) is 1.98. The summed E-state index contributed by atoms with van der Waals surface area (Å²) in [7, 11) is 1.78. The highest BCUT2D eigenvalue weighted by Crippen LogP contribution is 2.51. The first-order valence-electron chi connectivity index (χ1n) is 21.4. The zero-order valence-electron chi connectivity index (χ0n) is 35.2. The summed E-state index contributed by atoms with van der Waals surface area (Å²) in [4.78, 5) is 66.4. The molecule has 2 aromatic carbocycles. The Morgan fingerprint density at radius 1 is 0.969 bits per heavy atom. The number of benzene rings is 2. The van der Waals surface area contributed by atoms with E-state index < -0.39 is 41.5 Å². The van der Waals surface area contributed by atoms with Crippen LogP contribution in [0.1, 0.15) is 69.6 Å². The van der Waals surface area contributed by atoms with E-state index in [9.17, 15) is 19.2 Å². The maximum absolute atomic E-state index is 16.1. The maximum Gasteiger partial charge on any atom is 0.328 e. The Labute approximate surface area is 370 Å². The predicted octanol–water partition coefficient (Wildman–Crippen LogP) is 6.34. The standard InChI is InChI=1S/C45H45ClF3N11O4/c1-25-15-27(17-34(38(25)46)59-13-10-37(61)54-43(59)64)42(63)57-14-11-44(45(48,49)24-57)22-56(23-44)21-26-16-31(47)39(51-19-26)30-7-4-8-33-29(30)9-12-58(33)36-18-32(50-2)40-52-20-35(60(40)55-36)41(62)53-28-5-3-6-28/h4,7-8,15-20,28,50H,3,5-6,9-14,21-24H2,1-2H3,(H,53,62)(H,54,61,64). The molecule has 4 fully saturated rings. The zero-order chi connectivity index (χ0) is 44.7. The van der Waals surface area contributed by atoms with Crippen LogP contribution >= 0.6 is 11.6 Å². The number of anilines is 4. The first-order chi connectivity index (χ1) is 30.7. The second-order valence-electron chi connectivity index (χ2n) is 17.5. The number of aryl methyl sites for hydroxylation is 1. The van der Waals surface area contributed by atoms with Crippen LogP contribution in [0.25, 0.3) is 16.9 Å². The first-order valence-corrected chi connectivity index (χ1v) is 21.8. The highest BCUT2D eigenvalue weighted by molar-refractivity contribution is 6.35. The van der Waals surface area contributed by atoms with E-state index in [4.69, 9.17) is 16.7 Å². The number of nitrogens with zero attached hydrogens (tertiary/aromatic N) is 8. The second kappa shape index (κ2) is 15.8. The van der Waals surface area contributed by atoms with E-state index >= 15 is 13.2 Å². The van der Waals surface area contributed by atoms with Crippen molar-refractivity contribution in [2.24, 2.45) is 5.41 Å². The number of pyridine rings is 1. The molecule has 1 saturated carbocycles. The topological polar surface area (TPSA) is 160 Å². The monoisotopic (exact) mass is 895 g/mol. The van der Waals surface area contributed by atoms with Gasteiger partial charge in [0.05, 0.1) is 34.6 Å². The number of fused-ring (bicyclic) bond motifs is 2. The number of imidazole rings is 1. The van der Waals surface area contributed by atoms with Crippen molar-refractivity contribution in [1.82, 2.24) is 40.0 Å². The van der Waals surface area contributed by atoms with Gasteiger partial charge in [0.1, 0.15) is 11.5 Å².